The standard InChI is InChI=1S/C32H32N4O3/c1-21(2)20-38-27-14-12-24(13-15-27)30-17-29(35-39-30)32(37)33-18-25-19-36(26-8-6-5-7-9-26)34-31(25)28-16-22(3)10-11-23(28)4/h5-17,19,21H,18,20H2,1-4H3,(H,33,37). The van der Waals surface area contributed by atoms with Gasteiger partial charge in [-0.2, -0.15) is 5.10 Å². The number of rotatable bonds is 9. The van der Waals surface area contributed by atoms with Crippen LogP contribution >= 0.6 is 0 Å². The van der Waals surface area contributed by atoms with Crippen LogP contribution in [0, 0.1) is 19.8 Å². The fourth-order valence-corrected chi connectivity index (χ4v) is 4.23. The third-order valence-electron chi connectivity index (χ3n) is 6.36. The maximum atomic E-state index is 13.0. The number of aromatic nitrogens is 3. The minimum atomic E-state index is -0.318. The van der Waals surface area contributed by atoms with Crippen LogP contribution in [0.2, 0.25) is 0 Å². The Morgan fingerprint density at radius 2 is 1.77 bits per heavy atom. The third kappa shape index (κ3) is 6.09. The monoisotopic (exact) mass is 520 g/mol. The predicted molar refractivity (Wildman–Crippen MR) is 152 cm³/mol. The minimum Gasteiger partial charge on any atom is -0.493 e. The van der Waals surface area contributed by atoms with Gasteiger partial charge in [-0.05, 0) is 67.8 Å². The van der Waals surface area contributed by atoms with Gasteiger partial charge in [0, 0.05) is 35.5 Å². The van der Waals surface area contributed by atoms with Crippen molar-refractivity contribution in [2.75, 3.05) is 6.61 Å². The summed E-state index contributed by atoms with van der Waals surface area (Å²) in [5.41, 5.74) is 7.03. The van der Waals surface area contributed by atoms with Gasteiger partial charge in [0.2, 0.25) is 0 Å². The predicted octanol–water partition coefficient (Wildman–Crippen LogP) is 6.78. The Kier molecular flexibility index (Phi) is 7.59. The molecule has 0 atom stereocenters. The first-order valence-electron chi connectivity index (χ1n) is 13.1. The summed E-state index contributed by atoms with van der Waals surface area (Å²) in [6.45, 7) is 9.29. The van der Waals surface area contributed by atoms with E-state index in [1.165, 1.54) is 0 Å². The molecular formula is C32H32N4O3. The highest BCUT2D eigenvalue weighted by molar-refractivity contribution is 5.93. The lowest BCUT2D eigenvalue weighted by molar-refractivity contribution is 0.0942. The quantitative estimate of drug-likeness (QED) is 0.232. The second-order valence-corrected chi connectivity index (χ2v) is 10.1. The summed E-state index contributed by atoms with van der Waals surface area (Å²) < 4.78 is 13.1. The van der Waals surface area contributed by atoms with E-state index in [1.54, 1.807) is 6.07 Å². The zero-order valence-corrected chi connectivity index (χ0v) is 22.6. The van der Waals surface area contributed by atoms with E-state index in [4.69, 9.17) is 14.4 Å². The SMILES string of the molecule is Cc1ccc(C)c(-c2nn(-c3ccccc3)cc2CNC(=O)c2cc(-c3ccc(OCC(C)C)cc3)on2)c1. The first-order valence-corrected chi connectivity index (χ1v) is 13.1. The van der Waals surface area contributed by atoms with E-state index < -0.39 is 0 Å². The van der Waals surface area contributed by atoms with E-state index in [-0.39, 0.29) is 11.6 Å². The molecule has 0 aliphatic carbocycles. The summed E-state index contributed by atoms with van der Waals surface area (Å²) in [6, 6.07) is 25.5. The highest BCUT2D eigenvalue weighted by atomic mass is 16.5. The van der Waals surface area contributed by atoms with Crippen LogP contribution in [0.4, 0.5) is 0 Å². The molecule has 2 aromatic heterocycles. The van der Waals surface area contributed by atoms with Crippen molar-refractivity contribution in [1.29, 1.82) is 0 Å². The van der Waals surface area contributed by atoms with Gasteiger partial charge >= 0.3 is 0 Å². The van der Waals surface area contributed by atoms with Gasteiger partial charge in [-0.1, -0.05) is 54.9 Å². The number of carbonyl (C=O) groups is 1. The number of amides is 1. The molecule has 0 aliphatic rings. The molecule has 0 unspecified atom stereocenters. The van der Waals surface area contributed by atoms with Crippen molar-refractivity contribution in [3.8, 4) is 34.0 Å². The molecule has 0 bridgehead atoms. The summed E-state index contributed by atoms with van der Waals surface area (Å²) in [5.74, 6) is 1.44. The van der Waals surface area contributed by atoms with Gasteiger partial charge in [0.15, 0.2) is 11.5 Å². The van der Waals surface area contributed by atoms with Gasteiger partial charge in [0.25, 0.3) is 5.91 Å². The second-order valence-electron chi connectivity index (χ2n) is 10.1. The molecule has 2 heterocycles. The van der Waals surface area contributed by atoms with Crippen LogP contribution in [0.25, 0.3) is 28.3 Å². The van der Waals surface area contributed by atoms with Gasteiger partial charge in [0.05, 0.1) is 18.0 Å². The maximum Gasteiger partial charge on any atom is 0.273 e. The van der Waals surface area contributed by atoms with E-state index in [2.05, 4.69) is 56.4 Å². The summed E-state index contributed by atoms with van der Waals surface area (Å²) >= 11 is 0. The summed E-state index contributed by atoms with van der Waals surface area (Å²) in [5, 5.41) is 11.9. The molecular weight excluding hydrogens is 488 g/mol. The number of benzene rings is 3. The number of hydrogen-bond acceptors (Lipinski definition) is 5. The van der Waals surface area contributed by atoms with Gasteiger partial charge in [-0.3, -0.25) is 4.79 Å². The molecule has 1 amide bonds. The van der Waals surface area contributed by atoms with Crippen molar-refractivity contribution in [3.05, 3.63) is 107 Å². The van der Waals surface area contributed by atoms with Gasteiger partial charge in [-0.25, -0.2) is 4.68 Å². The normalized spacial score (nSPS) is 11.1. The lowest BCUT2D eigenvalue weighted by Crippen LogP contribution is -2.23. The number of hydrogen-bond donors (Lipinski definition) is 1. The van der Waals surface area contributed by atoms with Crippen molar-refractivity contribution in [1.82, 2.24) is 20.3 Å². The first-order chi connectivity index (χ1) is 18.9. The number of nitrogens with zero attached hydrogens (tertiary/aromatic N) is 3. The van der Waals surface area contributed by atoms with E-state index >= 15 is 0 Å². The Morgan fingerprint density at radius 1 is 1.00 bits per heavy atom. The number of nitrogens with one attached hydrogen (secondary N) is 1. The highest BCUT2D eigenvalue weighted by Gasteiger charge is 2.18. The molecule has 0 saturated carbocycles. The molecule has 39 heavy (non-hydrogen) atoms. The Morgan fingerprint density at radius 3 is 2.51 bits per heavy atom. The van der Waals surface area contributed by atoms with Crippen LogP contribution in [0.15, 0.2) is 89.6 Å². The molecule has 3 aromatic carbocycles. The van der Waals surface area contributed by atoms with Gasteiger partial charge in [0.1, 0.15) is 5.75 Å². The largest absolute Gasteiger partial charge is 0.493 e. The molecule has 0 saturated heterocycles. The summed E-state index contributed by atoms with van der Waals surface area (Å²) in [4.78, 5) is 13.0. The second kappa shape index (κ2) is 11.4. The first kappa shape index (κ1) is 26.0. The molecule has 0 spiro atoms. The number of carbonyl (C=O) groups excluding carboxylic acids is 1. The van der Waals surface area contributed by atoms with Crippen molar-refractivity contribution in [2.24, 2.45) is 5.92 Å². The zero-order valence-electron chi connectivity index (χ0n) is 22.6. The van der Waals surface area contributed by atoms with Crippen molar-refractivity contribution in [2.45, 2.75) is 34.2 Å². The fourth-order valence-electron chi connectivity index (χ4n) is 4.23. The van der Waals surface area contributed by atoms with Gasteiger partial charge < -0.3 is 14.6 Å². The smallest absolute Gasteiger partial charge is 0.273 e. The Hall–Kier alpha value is -4.65. The molecule has 1 N–H and O–H groups in total. The van der Waals surface area contributed by atoms with E-state index in [9.17, 15) is 4.79 Å². The van der Waals surface area contributed by atoms with Crippen molar-refractivity contribution >= 4 is 5.91 Å². The Balaban J connectivity index is 1.34. The zero-order chi connectivity index (χ0) is 27.4. The average Bonchev–Trinajstić information content (AvgIpc) is 3.61. The van der Waals surface area contributed by atoms with E-state index in [0.717, 1.165) is 44.9 Å². The number of aryl methyl sites for hydroxylation is 2. The maximum absolute atomic E-state index is 13.0. The minimum absolute atomic E-state index is 0.217. The van der Waals surface area contributed by atoms with Crippen LogP contribution in [0.5, 0.6) is 5.75 Å². The Labute approximate surface area is 228 Å². The molecule has 5 rings (SSSR count). The van der Waals surface area contributed by atoms with Crippen molar-refractivity contribution in [3.63, 3.8) is 0 Å². The highest BCUT2D eigenvalue weighted by Crippen LogP contribution is 2.28. The van der Waals surface area contributed by atoms with Gasteiger partial charge in [-0.15, -0.1) is 0 Å². The lowest BCUT2D eigenvalue weighted by atomic mass is 10.0. The Bertz CT molecular complexity index is 1570. The van der Waals surface area contributed by atoms with Crippen LogP contribution in [0.3, 0.4) is 0 Å². The van der Waals surface area contributed by atoms with E-state index in [0.29, 0.717) is 24.8 Å². The summed E-state index contributed by atoms with van der Waals surface area (Å²) in [7, 11) is 0. The topological polar surface area (TPSA) is 82.2 Å². The molecule has 7 nitrogen and oxygen atoms in total. The number of ether oxygens (including phenoxy) is 1. The summed E-state index contributed by atoms with van der Waals surface area (Å²) in [6.07, 6.45) is 1.96. The molecule has 0 fully saturated rings. The van der Waals surface area contributed by atoms with Crippen LogP contribution in [-0.4, -0.2) is 27.5 Å². The molecule has 7 heteroatoms. The molecule has 5 aromatic rings. The molecule has 198 valence electrons. The molecule has 0 radical (unpaired) electrons. The van der Waals surface area contributed by atoms with E-state index in [1.807, 2.05) is 65.5 Å². The van der Waals surface area contributed by atoms with Crippen LogP contribution < -0.4 is 10.1 Å². The lowest BCUT2D eigenvalue weighted by Gasteiger charge is -2.08. The third-order valence-corrected chi connectivity index (χ3v) is 6.36. The molecule has 0 aliphatic heterocycles. The van der Waals surface area contributed by atoms with Crippen LogP contribution in [-0.2, 0) is 6.54 Å². The average molecular weight is 521 g/mol. The van der Waals surface area contributed by atoms with Crippen LogP contribution in [0.1, 0.15) is 41.0 Å². The fraction of sp³-hybridized carbons (Fsp3) is 0.219. The van der Waals surface area contributed by atoms with Crippen molar-refractivity contribution < 1.29 is 14.1 Å². The number of para-hydroxylation sites is 1.